The van der Waals surface area contributed by atoms with E-state index in [0.29, 0.717) is 6.42 Å². The van der Waals surface area contributed by atoms with Crippen molar-refractivity contribution in [2.75, 3.05) is 6.54 Å². The molecule has 2 aromatic rings. The molecule has 5 nitrogen and oxygen atoms in total. The summed E-state index contributed by atoms with van der Waals surface area (Å²) in [6, 6.07) is 8.83. The number of fused-ring (bicyclic) bond motifs is 1. The molecule has 0 spiro atoms. The Morgan fingerprint density at radius 3 is 2.80 bits per heavy atom. The number of nitrogens with one attached hydrogen (secondary N) is 1. The van der Waals surface area contributed by atoms with Gasteiger partial charge in [-0.15, -0.1) is 0 Å². The van der Waals surface area contributed by atoms with Gasteiger partial charge in [0.2, 0.25) is 0 Å². The molecule has 0 bridgehead atoms. The lowest BCUT2D eigenvalue weighted by Crippen LogP contribution is -2.34. The lowest BCUT2D eigenvalue weighted by molar-refractivity contribution is -0.140. The monoisotopic (exact) mass is 270 g/mol. The van der Waals surface area contributed by atoms with Gasteiger partial charge in [0.05, 0.1) is 0 Å². The fraction of sp³-hybridized carbons (Fsp3) is 0.267. The summed E-state index contributed by atoms with van der Waals surface area (Å²) in [5.74, 6) is -1.23. The van der Waals surface area contributed by atoms with E-state index >= 15 is 0 Å². The van der Waals surface area contributed by atoms with Crippen LogP contribution >= 0.6 is 0 Å². The standard InChI is InChI=1S/C15H14N2O3/c18-14(12-6-3-7-16-12)20-15(19)13-8-10-4-1-2-5-11(10)9-17-13/h1-2,4-5,8-9,12,16H,3,6-7H2/t12-/m0/s1. The topological polar surface area (TPSA) is 68.3 Å². The highest BCUT2D eigenvalue weighted by Crippen LogP contribution is 2.14. The molecule has 1 atom stereocenters. The Kier molecular flexibility index (Phi) is 3.43. The van der Waals surface area contributed by atoms with Crippen molar-refractivity contribution in [3.63, 3.8) is 0 Å². The van der Waals surface area contributed by atoms with E-state index in [4.69, 9.17) is 4.74 Å². The molecule has 1 aliphatic heterocycles. The van der Waals surface area contributed by atoms with Crippen LogP contribution in [0.4, 0.5) is 0 Å². The molecule has 1 aliphatic rings. The Balaban J connectivity index is 1.76. The van der Waals surface area contributed by atoms with Crippen molar-refractivity contribution in [1.82, 2.24) is 10.3 Å². The van der Waals surface area contributed by atoms with E-state index in [1.54, 1.807) is 12.3 Å². The third-order valence-electron chi connectivity index (χ3n) is 3.38. The van der Waals surface area contributed by atoms with E-state index in [9.17, 15) is 9.59 Å². The van der Waals surface area contributed by atoms with Crippen molar-refractivity contribution in [3.05, 3.63) is 42.2 Å². The minimum atomic E-state index is -0.700. The number of benzene rings is 1. The quantitative estimate of drug-likeness (QED) is 0.664. The summed E-state index contributed by atoms with van der Waals surface area (Å²) in [6.07, 6.45) is 3.23. The van der Waals surface area contributed by atoms with Crippen LogP contribution in [-0.4, -0.2) is 29.5 Å². The van der Waals surface area contributed by atoms with Gasteiger partial charge in [0.15, 0.2) is 0 Å². The Morgan fingerprint density at radius 2 is 2.05 bits per heavy atom. The zero-order valence-electron chi connectivity index (χ0n) is 10.8. The van der Waals surface area contributed by atoms with Gasteiger partial charge >= 0.3 is 11.9 Å². The first kappa shape index (κ1) is 12.7. The van der Waals surface area contributed by atoms with Gasteiger partial charge in [0, 0.05) is 11.6 Å². The molecule has 0 amide bonds. The average molecular weight is 270 g/mol. The van der Waals surface area contributed by atoms with E-state index in [1.165, 1.54) is 0 Å². The second-order valence-electron chi connectivity index (χ2n) is 4.77. The lowest BCUT2D eigenvalue weighted by Gasteiger charge is -2.08. The van der Waals surface area contributed by atoms with Gasteiger partial charge in [-0.3, -0.25) is 0 Å². The van der Waals surface area contributed by atoms with Crippen LogP contribution in [0.5, 0.6) is 0 Å². The summed E-state index contributed by atoms with van der Waals surface area (Å²) < 4.78 is 4.87. The number of pyridine rings is 1. The van der Waals surface area contributed by atoms with Gasteiger partial charge in [0.1, 0.15) is 11.7 Å². The predicted octanol–water partition coefficient (Wildman–Crippen LogP) is 1.67. The number of ether oxygens (including phenoxy) is 1. The van der Waals surface area contributed by atoms with E-state index < -0.39 is 11.9 Å². The molecule has 5 heteroatoms. The van der Waals surface area contributed by atoms with Crippen molar-refractivity contribution in [1.29, 1.82) is 0 Å². The third kappa shape index (κ3) is 2.53. The fourth-order valence-electron chi connectivity index (χ4n) is 2.30. The highest BCUT2D eigenvalue weighted by atomic mass is 16.6. The van der Waals surface area contributed by atoms with Crippen LogP contribution in [-0.2, 0) is 9.53 Å². The number of carbonyl (C=O) groups is 2. The first-order chi connectivity index (χ1) is 9.74. The number of aromatic nitrogens is 1. The van der Waals surface area contributed by atoms with Crippen molar-refractivity contribution >= 4 is 22.7 Å². The zero-order valence-corrected chi connectivity index (χ0v) is 10.8. The number of esters is 2. The Hall–Kier alpha value is -2.27. The number of hydrogen-bond acceptors (Lipinski definition) is 5. The van der Waals surface area contributed by atoms with Gasteiger partial charge in [-0.25, -0.2) is 14.6 Å². The maximum atomic E-state index is 11.9. The largest absolute Gasteiger partial charge is 0.387 e. The maximum Gasteiger partial charge on any atom is 0.364 e. The normalized spacial score (nSPS) is 18.1. The number of nitrogens with zero attached hydrogens (tertiary/aromatic N) is 1. The summed E-state index contributed by atoms with van der Waals surface area (Å²) in [4.78, 5) is 27.7. The summed E-state index contributed by atoms with van der Waals surface area (Å²) in [6.45, 7) is 0.780. The van der Waals surface area contributed by atoms with Gasteiger partial charge in [-0.05, 0) is 30.8 Å². The molecule has 3 rings (SSSR count). The second kappa shape index (κ2) is 5.38. The second-order valence-corrected chi connectivity index (χ2v) is 4.77. The van der Waals surface area contributed by atoms with Crippen molar-refractivity contribution < 1.29 is 14.3 Å². The maximum absolute atomic E-state index is 11.9. The van der Waals surface area contributed by atoms with Crippen molar-refractivity contribution in [3.8, 4) is 0 Å². The van der Waals surface area contributed by atoms with E-state index in [1.807, 2.05) is 24.3 Å². The summed E-state index contributed by atoms with van der Waals surface area (Å²) >= 11 is 0. The molecule has 102 valence electrons. The van der Waals surface area contributed by atoms with E-state index in [0.717, 1.165) is 23.7 Å². The molecule has 20 heavy (non-hydrogen) atoms. The van der Waals surface area contributed by atoms with Gasteiger partial charge in [0.25, 0.3) is 0 Å². The summed E-state index contributed by atoms with van der Waals surface area (Å²) in [5, 5.41) is 4.82. The van der Waals surface area contributed by atoms with Crippen molar-refractivity contribution in [2.45, 2.75) is 18.9 Å². The molecule has 0 saturated carbocycles. The molecule has 2 heterocycles. The number of carbonyl (C=O) groups excluding carboxylic acids is 2. The van der Waals surface area contributed by atoms with E-state index in [2.05, 4.69) is 10.3 Å². The minimum absolute atomic E-state index is 0.148. The van der Waals surface area contributed by atoms with Crippen LogP contribution in [0.25, 0.3) is 10.8 Å². The molecule has 1 fully saturated rings. The number of hydrogen-bond donors (Lipinski definition) is 1. The van der Waals surface area contributed by atoms with Crippen LogP contribution in [0.2, 0.25) is 0 Å². The molecular formula is C15H14N2O3. The average Bonchev–Trinajstić information content (AvgIpc) is 3.01. The SMILES string of the molecule is O=C(OC(=O)[C@@H]1CCCN1)c1cc2ccccc2cn1. The van der Waals surface area contributed by atoms with E-state index in [-0.39, 0.29) is 11.7 Å². The highest BCUT2D eigenvalue weighted by Gasteiger charge is 2.26. The van der Waals surface area contributed by atoms with Crippen LogP contribution in [0.15, 0.2) is 36.5 Å². The summed E-state index contributed by atoms with van der Waals surface area (Å²) in [7, 11) is 0. The number of rotatable bonds is 2. The Bertz CT molecular complexity index is 663. The zero-order chi connectivity index (χ0) is 13.9. The molecule has 0 aliphatic carbocycles. The molecule has 1 saturated heterocycles. The minimum Gasteiger partial charge on any atom is -0.387 e. The van der Waals surface area contributed by atoms with Gasteiger partial charge in [-0.2, -0.15) is 0 Å². The van der Waals surface area contributed by atoms with Crippen LogP contribution in [0.3, 0.4) is 0 Å². The lowest BCUT2D eigenvalue weighted by atomic mass is 10.1. The third-order valence-corrected chi connectivity index (χ3v) is 3.38. The van der Waals surface area contributed by atoms with Crippen LogP contribution < -0.4 is 5.32 Å². The van der Waals surface area contributed by atoms with Crippen LogP contribution in [0.1, 0.15) is 23.3 Å². The molecular weight excluding hydrogens is 256 g/mol. The summed E-state index contributed by atoms with van der Waals surface area (Å²) in [5.41, 5.74) is 0.148. The molecule has 1 aromatic heterocycles. The molecule has 1 N–H and O–H groups in total. The van der Waals surface area contributed by atoms with Crippen molar-refractivity contribution in [2.24, 2.45) is 0 Å². The Morgan fingerprint density at radius 1 is 1.25 bits per heavy atom. The van der Waals surface area contributed by atoms with Crippen LogP contribution in [0, 0.1) is 0 Å². The Labute approximate surface area is 116 Å². The van der Waals surface area contributed by atoms with Gasteiger partial charge < -0.3 is 10.1 Å². The first-order valence-corrected chi connectivity index (χ1v) is 6.58. The molecule has 0 unspecified atom stereocenters. The van der Waals surface area contributed by atoms with Gasteiger partial charge in [-0.1, -0.05) is 24.3 Å². The fourth-order valence-corrected chi connectivity index (χ4v) is 2.30. The smallest absolute Gasteiger partial charge is 0.364 e. The molecule has 1 aromatic carbocycles. The highest BCUT2D eigenvalue weighted by molar-refractivity contribution is 5.99. The predicted molar refractivity (Wildman–Crippen MR) is 73.2 cm³/mol. The molecule has 0 radical (unpaired) electrons. The first-order valence-electron chi connectivity index (χ1n) is 6.58.